The summed E-state index contributed by atoms with van der Waals surface area (Å²) in [5.74, 6) is 0. The van der Waals surface area contributed by atoms with Crippen molar-refractivity contribution in [1.82, 2.24) is 0 Å². The summed E-state index contributed by atoms with van der Waals surface area (Å²) >= 11 is 0. The lowest BCUT2D eigenvalue weighted by Gasteiger charge is -2.42. The van der Waals surface area contributed by atoms with E-state index >= 15 is 0 Å². The summed E-state index contributed by atoms with van der Waals surface area (Å²) in [7, 11) is 1.47. The van der Waals surface area contributed by atoms with E-state index in [4.69, 9.17) is 15.2 Å². The van der Waals surface area contributed by atoms with Crippen LogP contribution in [-0.4, -0.2) is 41.5 Å². The van der Waals surface area contributed by atoms with Crippen molar-refractivity contribution in [2.45, 2.75) is 37.6 Å². The number of hydrogen-bond acceptors (Lipinski definition) is 5. The predicted molar refractivity (Wildman–Crippen MR) is 41.1 cm³/mol. The van der Waals surface area contributed by atoms with Gasteiger partial charge in [-0.2, -0.15) is 0 Å². The minimum Gasteiger partial charge on any atom is -0.386 e. The summed E-state index contributed by atoms with van der Waals surface area (Å²) < 4.78 is 9.86. The molecular formula is C7H15NO4. The first-order valence-corrected chi connectivity index (χ1v) is 3.82. The molecule has 1 rings (SSSR count). The first-order chi connectivity index (χ1) is 5.49. The third-order valence-electron chi connectivity index (χ3n) is 2.30. The molecule has 1 heterocycles. The highest BCUT2D eigenvalue weighted by molar-refractivity contribution is 4.91. The van der Waals surface area contributed by atoms with E-state index in [1.807, 2.05) is 0 Å². The van der Waals surface area contributed by atoms with Gasteiger partial charge in [-0.05, 0) is 6.92 Å². The average molecular weight is 177 g/mol. The number of aliphatic hydroxyl groups excluding tert-OH is 2. The molecular weight excluding hydrogens is 162 g/mol. The van der Waals surface area contributed by atoms with Crippen LogP contribution in [0.5, 0.6) is 0 Å². The van der Waals surface area contributed by atoms with Crippen LogP contribution >= 0.6 is 0 Å². The normalized spacial score (nSPS) is 49.2. The van der Waals surface area contributed by atoms with Gasteiger partial charge in [0.15, 0.2) is 6.29 Å². The molecule has 0 aromatic heterocycles. The smallest absolute Gasteiger partial charge is 0.159 e. The lowest BCUT2D eigenvalue weighted by Crippen LogP contribution is -2.59. The van der Waals surface area contributed by atoms with Crippen molar-refractivity contribution in [3.63, 3.8) is 0 Å². The van der Waals surface area contributed by atoms with E-state index in [1.54, 1.807) is 6.92 Å². The number of methoxy groups -OCH3 is 1. The van der Waals surface area contributed by atoms with Crippen LogP contribution in [0.25, 0.3) is 0 Å². The highest BCUT2D eigenvalue weighted by Gasteiger charge is 2.44. The highest BCUT2D eigenvalue weighted by Crippen LogP contribution is 2.28. The van der Waals surface area contributed by atoms with Crippen LogP contribution in [0.1, 0.15) is 13.3 Å². The fourth-order valence-corrected chi connectivity index (χ4v) is 1.32. The first-order valence-electron chi connectivity index (χ1n) is 3.82. The maximum atomic E-state index is 9.53. The molecule has 1 aliphatic rings. The van der Waals surface area contributed by atoms with Gasteiger partial charge in [0.05, 0.1) is 5.60 Å². The van der Waals surface area contributed by atoms with Crippen LogP contribution < -0.4 is 5.73 Å². The largest absolute Gasteiger partial charge is 0.386 e. The van der Waals surface area contributed by atoms with Gasteiger partial charge < -0.3 is 25.4 Å². The van der Waals surface area contributed by atoms with Gasteiger partial charge in [-0.25, -0.2) is 0 Å². The number of ether oxygens (including phenoxy) is 2. The Labute approximate surface area is 71.1 Å². The Morgan fingerprint density at radius 1 is 1.58 bits per heavy atom. The first kappa shape index (κ1) is 9.88. The molecule has 0 aromatic carbocycles. The topological polar surface area (TPSA) is 84.9 Å². The molecule has 0 amide bonds. The van der Waals surface area contributed by atoms with Crippen LogP contribution in [0, 0.1) is 0 Å². The van der Waals surface area contributed by atoms with E-state index in [0.29, 0.717) is 0 Å². The van der Waals surface area contributed by atoms with E-state index in [2.05, 4.69) is 0 Å². The van der Waals surface area contributed by atoms with Gasteiger partial charge >= 0.3 is 0 Å². The van der Waals surface area contributed by atoms with Gasteiger partial charge in [-0.3, -0.25) is 0 Å². The number of hydrogen-bond donors (Lipinski definition) is 3. The van der Waals surface area contributed by atoms with Gasteiger partial charge in [0, 0.05) is 13.5 Å². The second kappa shape index (κ2) is 3.27. The summed E-state index contributed by atoms with van der Waals surface area (Å²) in [5, 5.41) is 18.7. The number of rotatable bonds is 1. The Morgan fingerprint density at radius 3 is 2.67 bits per heavy atom. The Hall–Kier alpha value is -0.200. The molecule has 4 N–H and O–H groups in total. The molecule has 12 heavy (non-hydrogen) atoms. The molecule has 0 aromatic rings. The zero-order chi connectivity index (χ0) is 9.35. The van der Waals surface area contributed by atoms with Gasteiger partial charge in [-0.1, -0.05) is 0 Å². The van der Waals surface area contributed by atoms with Crippen molar-refractivity contribution in [2.24, 2.45) is 5.73 Å². The van der Waals surface area contributed by atoms with Crippen molar-refractivity contribution in [3.8, 4) is 0 Å². The maximum Gasteiger partial charge on any atom is 0.159 e. The van der Waals surface area contributed by atoms with Gasteiger partial charge in [-0.15, -0.1) is 0 Å². The molecule has 5 heteroatoms. The predicted octanol–water partition coefficient (Wildman–Crippen LogP) is -1.22. The fourth-order valence-electron chi connectivity index (χ4n) is 1.32. The van der Waals surface area contributed by atoms with Crippen molar-refractivity contribution in [2.75, 3.05) is 7.11 Å². The maximum absolute atomic E-state index is 9.53. The van der Waals surface area contributed by atoms with Crippen LogP contribution in [0.15, 0.2) is 0 Å². The minimum absolute atomic E-state index is 0.221. The Morgan fingerprint density at radius 2 is 2.17 bits per heavy atom. The lowest BCUT2D eigenvalue weighted by molar-refractivity contribution is -0.266. The summed E-state index contributed by atoms with van der Waals surface area (Å²) in [6.07, 6.45) is -2.55. The fraction of sp³-hybridized carbons (Fsp3) is 1.00. The van der Waals surface area contributed by atoms with E-state index in [1.165, 1.54) is 7.11 Å². The quantitative estimate of drug-likeness (QED) is 0.467. The minimum atomic E-state index is -0.964. The molecule has 0 saturated carbocycles. The molecule has 1 saturated heterocycles. The van der Waals surface area contributed by atoms with Gasteiger partial charge in [0.2, 0.25) is 0 Å². The molecule has 0 unspecified atom stereocenters. The van der Waals surface area contributed by atoms with Crippen LogP contribution in [-0.2, 0) is 9.47 Å². The highest BCUT2D eigenvalue weighted by atomic mass is 16.6. The summed E-state index contributed by atoms with van der Waals surface area (Å²) in [6.45, 7) is 1.68. The SMILES string of the molecule is CO[C@]1(C)C[C@H](O)O[C@@H](N)[C@@H]1O. The molecule has 72 valence electrons. The molecule has 0 bridgehead atoms. The molecule has 1 fully saturated rings. The zero-order valence-electron chi connectivity index (χ0n) is 7.23. The standard InChI is InChI=1S/C7H15NO4/c1-7(11-2)3-4(9)12-6(8)5(7)10/h4-6,9-10H,3,8H2,1-2H3/t4-,5+,6-,7-/m1/s1. The third kappa shape index (κ3) is 1.60. The molecule has 1 aliphatic heterocycles. The molecule has 0 aliphatic carbocycles. The van der Waals surface area contributed by atoms with Crippen molar-refractivity contribution >= 4 is 0 Å². The zero-order valence-corrected chi connectivity index (χ0v) is 7.23. The third-order valence-corrected chi connectivity index (χ3v) is 2.30. The number of aliphatic hydroxyl groups is 2. The van der Waals surface area contributed by atoms with Gasteiger partial charge in [0.1, 0.15) is 12.3 Å². The molecule has 4 atom stereocenters. The monoisotopic (exact) mass is 177 g/mol. The summed E-state index contributed by atoms with van der Waals surface area (Å²) in [6, 6.07) is 0. The van der Waals surface area contributed by atoms with E-state index in [9.17, 15) is 10.2 Å². The average Bonchev–Trinajstić information content (AvgIpc) is 2.00. The van der Waals surface area contributed by atoms with Crippen molar-refractivity contribution in [3.05, 3.63) is 0 Å². The Bertz CT molecular complexity index is 165. The second-order valence-electron chi connectivity index (χ2n) is 3.22. The number of nitrogens with two attached hydrogens (primary N) is 1. The van der Waals surface area contributed by atoms with Gasteiger partial charge in [0.25, 0.3) is 0 Å². The van der Waals surface area contributed by atoms with E-state index in [0.717, 1.165) is 0 Å². The Balaban J connectivity index is 2.72. The summed E-state index contributed by atoms with van der Waals surface area (Å²) in [5.41, 5.74) is 4.59. The Kier molecular flexibility index (Phi) is 2.70. The van der Waals surface area contributed by atoms with Crippen LogP contribution in [0.4, 0.5) is 0 Å². The molecule has 0 spiro atoms. The second-order valence-corrected chi connectivity index (χ2v) is 3.22. The van der Waals surface area contributed by atoms with Crippen molar-refractivity contribution in [1.29, 1.82) is 0 Å². The van der Waals surface area contributed by atoms with E-state index in [-0.39, 0.29) is 6.42 Å². The van der Waals surface area contributed by atoms with Crippen molar-refractivity contribution < 1.29 is 19.7 Å². The molecule has 5 nitrogen and oxygen atoms in total. The summed E-state index contributed by atoms with van der Waals surface area (Å²) in [4.78, 5) is 0. The van der Waals surface area contributed by atoms with E-state index < -0.39 is 24.2 Å². The molecule has 0 radical (unpaired) electrons. The lowest BCUT2D eigenvalue weighted by atomic mass is 9.91. The van der Waals surface area contributed by atoms with Crippen LogP contribution in [0.2, 0.25) is 0 Å². The van der Waals surface area contributed by atoms with Crippen LogP contribution in [0.3, 0.4) is 0 Å².